The molecule has 0 aliphatic rings. The molecule has 5 nitrogen and oxygen atoms in total. The van der Waals surface area contributed by atoms with Crippen molar-refractivity contribution in [3.05, 3.63) is 0 Å². The van der Waals surface area contributed by atoms with Gasteiger partial charge in [0.1, 0.15) is 0 Å². The molecule has 0 amide bonds. The Morgan fingerprint density at radius 2 is 1.18 bits per heavy atom. The minimum Gasteiger partial charge on any atom is -0.328 e. The maximum absolute atomic E-state index is 7.82. The Bertz CT molecular complexity index is 61.5. The van der Waals surface area contributed by atoms with Crippen LogP contribution in [0.5, 0.6) is 0 Å². The first-order valence-corrected chi connectivity index (χ1v) is 5.41. The van der Waals surface area contributed by atoms with Crippen molar-refractivity contribution >= 4 is 17.2 Å². The molecule has 70 valence electrons. The van der Waals surface area contributed by atoms with Crippen LogP contribution in [0.15, 0.2) is 0 Å². The number of rotatable bonds is 3. The van der Waals surface area contributed by atoms with E-state index in [2.05, 4.69) is 18.2 Å². The summed E-state index contributed by atoms with van der Waals surface area (Å²) in [5.41, 5.74) is 0. The fourth-order valence-corrected chi connectivity index (χ4v) is 0.588. The molecule has 0 fully saturated rings. The van der Waals surface area contributed by atoms with Crippen LogP contribution in [0.1, 0.15) is 26.7 Å². The zero-order valence-corrected chi connectivity index (χ0v) is 8.29. The summed E-state index contributed by atoms with van der Waals surface area (Å²) in [7, 11) is -5.22. The van der Waals surface area contributed by atoms with Gasteiger partial charge in [-0.3, -0.25) is 0 Å². The van der Waals surface area contributed by atoms with E-state index in [0.717, 1.165) is 0 Å². The second kappa shape index (κ2) is 10.7. The summed E-state index contributed by atoms with van der Waals surface area (Å²) in [5, 5.41) is 0. The topological polar surface area (TPSA) is 90.2 Å². The third kappa shape index (κ3) is 25.0. The molecule has 0 aromatic carbocycles. The van der Waals surface area contributed by atoms with E-state index in [-0.39, 0.29) is 0 Å². The van der Waals surface area contributed by atoms with E-state index < -0.39 is 17.2 Å². The molecule has 0 saturated heterocycles. The highest BCUT2D eigenvalue weighted by Crippen LogP contribution is 2.41. The SMILES string of the molecule is CCCC.OP(O)OP(O)O. The smallest absolute Gasteiger partial charge is 0.328 e. The monoisotopic (exact) mass is 204 g/mol. The van der Waals surface area contributed by atoms with Crippen molar-refractivity contribution in [2.45, 2.75) is 26.7 Å². The van der Waals surface area contributed by atoms with Gasteiger partial charge in [0.2, 0.25) is 0 Å². The Morgan fingerprint density at radius 3 is 1.18 bits per heavy atom. The summed E-state index contributed by atoms with van der Waals surface area (Å²) in [4.78, 5) is 31.3. The van der Waals surface area contributed by atoms with Gasteiger partial charge in [-0.1, -0.05) is 26.7 Å². The first kappa shape index (κ1) is 14.2. The first-order valence-electron chi connectivity index (χ1n) is 3.08. The number of hydrogen-bond acceptors (Lipinski definition) is 5. The minimum absolute atomic E-state index is 1.32. The highest BCUT2D eigenvalue weighted by molar-refractivity contribution is 7.53. The Morgan fingerprint density at radius 1 is 0.909 bits per heavy atom. The van der Waals surface area contributed by atoms with Gasteiger partial charge in [0.05, 0.1) is 0 Å². The molecule has 0 aliphatic carbocycles. The predicted octanol–water partition coefficient (Wildman–Crippen LogP) is 1.23. The molecular weight excluding hydrogens is 190 g/mol. The Hall–Kier alpha value is 0.660. The standard InChI is InChI=1S/C4H10.H4O5P2/c1-3-4-2;1-6(2)5-7(3)4/h3-4H2,1-2H3;1-4H. The van der Waals surface area contributed by atoms with E-state index >= 15 is 0 Å². The lowest BCUT2D eigenvalue weighted by atomic mass is 10.4. The van der Waals surface area contributed by atoms with Gasteiger partial charge in [0.25, 0.3) is 0 Å². The highest BCUT2D eigenvalue weighted by Gasteiger charge is 2.05. The second-order valence-corrected chi connectivity index (χ2v) is 3.25. The van der Waals surface area contributed by atoms with Gasteiger partial charge in [-0.25, -0.2) is 4.31 Å². The van der Waals surface area contributed by atoms with Crippen molar-refractivity contribution in [3.8, 4) is 0 Å². The molecule has 0 aromatic heterocycles. The molecule has 0 unspecified atom stereocenters. The minimum atomic E-state index is -2.61. The lowest BCUT2D eigenvalue weighted by Gasteiger charge is -2.00. The third-order valence-corrected chi connectivity index (χ3v) is 1.81. The summed E-state index contributed by atoms with van der Waals surface area (Å²) in [6.45, 7) is 4.36. The van der Waals surface area contributed by atoms with Gasteiger partial charge in [-0.2, -0.15) is 0 Å². The van der Waals surface area contributed by atoms with E-state index in [4.69, 9.17) is 19.6 Å². The summed E-state index contributed by atoms with van der Waals surface area (Å²) < 4.78 is 3.60. The fraction of sp³-hybridized carbons (Fsp3) is 1.00. The molecule has 4 N–H and O–H groups in total. The molecule has 0 saturated carbocycles. The molecule has 0 spiro atoms. The summed E-state index contributed by atoms with van der Waals surface area (Å²) >= 11 is 0. The van der Waals surface area contributed by atoms with E-state index in [1.807, 2.05) is 0 Å². The van der Waals surface area contributed by atoms with Gasteiger partial charge in [-0.15, -0.1) is 0 Å². The van der Waals surface area contributed by atoms with Crippen LogP contribution in [0.25, 0.3) is 0 Å². The molecule has 11 heavy (non-hydrogen) atoms. The number of hydrogen-bond donors (Lipinski definition) is 4. The molecule has 0 rings (SSSR count). The maximum atomic E-state index is 7.82. The van der Waals surface area contributed by atoms with E-state index in [1.54, 1.807) is 0 Å². The lowest BCUT2D eigenvalue weighted by molar-refractivity contribution is 0.324. The van der Waals surface area contributed by atoms with Gasteiger partial charge in [0, 0.05) is 0 Å². The quantitative estimate of drug-likeness (QED) is 0.519. The third-order valence-electron chi connectivity index (χ3n) is 0.646. The van der Waals surface area contributed by atoms with Crippen LogP contribution in [0.3, 0.4) is 0 Å². The molecule has 0 bridgehead atoms. The number of unbranched alkanes of at least 4 members (excludes halogenated alkanes) is 1. The van der Waals surface area contributed by atoms with E-state index in [9.17, 15) is 0 Å². The first-order chi connectivity index (χ1) is 5.04. The van der Waals surface area contributed by atoms with E-state index in [1.165, 1.54) is 12.8 Å². The average Bonchev–Trinajstić information content (AvgIpc) is 1.85. The van der Waals surface area contributed by atoms with Crippen LogP contribution < -0.4 is 0 Å². The largest absolute Gasteiger partial charge is 0.334 e. The Labute approximate surface area is 68.6 Å². The van der Waals surface area contributed by atoms with Crippen LogP contribution in [0, 0.1) is 0 Å². The summed E-state index contributed by atoms with van der Waals surface area (Å²) in [6, 6.07) is 0. The zero-order chi connectivity index (χ0) is 9.28. The van der Waals surface area contributed by atoms with Crippen LogP contribution >= 0.6 is 17.2 Å². The molecule has 0 aliphatic heterocycles. The van der Waals surface area contributed by atoms with Crippen molar-refractivity contribution in [2.75, 3.05) is 0 Å². The van der Waals surface area contributed by atoms with Gasteiger partial charge < -0.3 is 19.6 Å². The van der Waals surface area contributed by atoms with Gasteiger partial charge in [-0.05, 0) is 0 Å². The molecule has 0 atom stereocenters. The molecule has 0 heterocycles. The average molecular weight is 204 g/mol. The van der Waals surface area contributed by atoms with Crippen LogP contribution in [0.4, 0.5) is 0 Å². The maximum Gasteiger partial charge on any atom is 0.334 e. The molecule has 7 heteroatoms. The Kier molecular flexibility index (Phi) is 13.8. The van der Waals surface area contributed by atoms with Crippen molar-refractivity contribution < 1.29 is 23.9 Å². The fourth-order valence-electron chi connectivity index (χ4n) is 0.0653. The molecule has 0 aromatic rings. The van der Waals surface area contributed by atoms with Crippen molar-refractivity contribution in [1.29, 1.82) is 0 Å². The van der Waals surface area contributed by atoms with Crippen LogP contribution in [0.2, 0.25) is 0 Å². The highest BCUT2D eigenvalue weighted by atomic mass is 31.2. The summed E-state index contributed by atoms with van der Waals surface area (Å²) in [5.74, 6) is 0. The van der Waals surface area contributed by atoms with Crippen LogP contribution in [-0.4, -0.2) is 19.6 Å². The second-order valence-electron chi connectivity index (χ2n) is 1.59. The van der Waals surface area contributed by atoms with Gasteiger partial charge in [0.15, 0.2) is 0 Å². The van der Waals surface area contributed by atoms with Crippen molar-refractivity contribution in [3.63, 3.8) is 0 Å². The zero-order valence-electron chi connectivity index (χ0n) is 6.51. The lowest BCUT2D eigenvalue weighted by Crippen LogP contribution is -1.73. The van der Waals surface area contributed by atoms with E-state index in [0.29, 0.717) is 0 Å². The Balaban J connectivity index is 0. The normalized spacial score (nSPS) is 9.82. The predicted molar refractivity (Wildman–Crippen MR) is 44.4 cm³/mol. The summed E-state index contributed by atoms with van der Waals surface area (Å²) in [6.07, 6.45) is 2.64. The van der Waals surface area contributed by atoms with Crippen molar-refractivity contribution in [1.82, 2.24) is 0 Å². The van der Waals surface area contributed by atoms with Crippen LogP contribution in [-0.2, 0) is 4.31 Å². The van der Waals surface area contributed by atoms with Crippen molar-refractivity contribution in [2.24, 2.45) is 0 Å². The molecular formula is C4H14O5P2. The molecule has 0 radical (unpaired) electrons. The van der Waals surface area contributed by atoms with Gasteiger partial charge >= 0.3 is 17.2 Å².